The Hall–Kier alpha value is -2.67. The lowest BCUT2D eigenvalue weighted by Crippen LogP contribution is -2.32. The van der Waals surface area contributed by atoms with Gasteiger partial charge in [0, 0.05) is 56.5 Å². The number of hydrogen-bond donors (Lipinski definition) is 0. The molecule has 39 heavy (non-hydrogen) atoms. The molecule has 3 aromatic rings. The SMILES string of the molecule is C/C=C\SC(N=Nc1ccc(N(C)C)cc1)=NCCSSCC[n+]1ccsc1N=Nc1ccc(N(C)C)cc1. The summed E-state index contributed by atoms with van der Waals surface area (Å²) in [5, 5.41) is 23.2. The number of allylic oxidation sites excluding steroid dienone is 1. The number of amidine groups is 1. The second kappa shape index (κ2) is 17.1. The van der Waals surface area contributed by atoms with Crippen LogP contribution in [0.5, 0.6) is 0 Å². The molecule has 0 fully saturated rings. The predicted octanol–water partition coefficient (Wildman–Crippen LogP) is 8.37. The van der Waals surface area contributed by atoms with Crippen LogP contribution < -0.4 is 14.4 Å². The summed E-state index contributed by atoms with van der Waals surface area (Å²) in [6.45, 7) is 3.55. The van der Waals surface area contributed by atoms with Gasteiger partial charge < -0.3 is 9.80 Å². The van der Waals surface area contributed by atoms with Crippen molar-refractivity contribution in [2.75, 3.05) is 56.0 Å². The van der Waals surface area contributed by atoms with E-state index < -0.39 is 0 Å². The van der Waals surface area contributed by atoms with Gasteiger partial charge in [0.05, 0.1) is 17.3 Å². The van der Waals surface area contributed by atoms with Gasteiger partial charge in [0.15, 0.2) is 0 Å². The Morgan fingerprint density at radius 1 is 0.846 bits per heavy atom. The molecular weight excluding hydrogens is 565 g/mol. The quantitative estimate of drug-likeness (QED) is 0.0493. The molecule has 206 valence electrons. The minimum Gasteiger partial charge on any atom is -0.378 e. The van der Waals surface area contributed by atoms with E-state index in [1.54, 1.807) is 11.3 Å². The molecule has 0 aliphatic carbocycles. The second-order valence-electron chi connectivity index (χ2n) is 8.50. The number of aryl methyl sites for hydroxylation is 1. The van der Waals surface area contributed by atoms with Crippen LogP contribution in [0, 0.1) is 0 Å². The Morgan fingerprint density at radius 3 is 2.08 bits per heavy atom. The summed E-state index contributed by atoms with van der Waals surface area (Å²) in [4.78, 5) is 8.77. The molecule has 12 heteroatoms. The third kappa shape index (κ3) is 11.1. The maximum absolute atomic E-state index is 4.64. The first kappa shape index (κ1) is 30.9. The average molecular weight is 600 g/mol. The Morgan fingerprint density at radius 2 is 1.46 bits per heavy atom. The molecule has 0 spiro atoms. The van der Waals surface area contributed by atoms with Gasteiger partial charge in [-0.3, -0.25) is 4.99 Å². The van der Waals surface area contributed by atoms with Crippen molar-refractivity contribution in [1.29, 1.82) is 0 Å². The van der Waals surface area contributed by atoms with E-state index in [9.17, 15) is 0 Å². The summed E-state index contributed by atoms with van der Waals surface area (Å²) in [7, 11) is 11.7. The van der Waals surface area contributed by atoms with Crippen LogP contribution in [0.4, 0.5) is 27.9 Å². The summed E-state index contributed by atoms with van der Waals surface area (Å²) >= 11 is 3.08. The predicted molar refractivity (Wildman–Crippen MR) is 174 cm³/mol. The number of thioether (sulfide) groups is 1. The van der Waals surface area contributed by atoms with Crippen LogP contribution in [0.15, 0.2) is 97.0 Å². The van der Waals surface area contributed by atoms with E-state index >= 15 is 0 Å². The first-order chi connectivity index (χ1) is 19.0. The minimum atomic E-state index is 0.663. The van der Waals surface area contributed by atoms with Crippen molar-refractivity contribution in [3.05, 3.63) is 71.6 Å². The smallest absolute Gasteiger partial charge is 0.378 e. The van der Waals surface area contributed by atoms with E-state index in [1.807, 2.05) is 122 Å². The van der Waals surface area contributed by atoms with Crippen LogP contribution in [-0.2, 0) is 6.54 Å². The topological polar surface area (TPSA) is 72.2 Å². The summed E-state index contributed by atoms with van der Waals surface area (Å²) in [6.07, 6.45) is 4.04. The fourth-order valence-corrected chi connectivity index (χ4v) is 6.08. The van der Waals surface area contributed by atoms with Crippen LogP contribution in [0.2, 0.25) is 0 Å². The van der Waals surface area contributed by atoms with E-state index in [0.29, 0.717) is 11.7 Å². The monoisotopic (exact) mass is 599 g/mol. The molecule has 0 amide bonds. The Labute approximate surface area is 247 Å². The molecule has 0 aliphatic rings. The van der Waals surface area contributed by atoms with E-state index in [2.05, 4.69) is 46.0 Å². The zero-order valence-electron chi connectivity index (χ0n) is 23.0. The van der Waals surface area contributed by atoms with Crippen molar-refractivity contribution in [1.82, 2.24) is 0 Å². The van der Waals surface area contributed by atoms with Gasteiger partial charge in [0.1, 0.15) is 18.4 Å². The molecule has 0 N–H and O–H groups in total. The van der Waals surface area contributed by atoms with Crippen LogP contribution >= 0.6 is 44.7 Å². The average Bonchev–Trinajstić information content (AvgIpc) is 3.40. The third-order valence-electron chi connectivity index (χ3n) is 5.12. The lowest BCUT2D eigenvalue weighted by molar-refractivity contribution is -0.675. The van der Waals surface area contributed by atoms with Gasteiger partial charge in [0.25, 0.3) is 0 Å². The van der Waals surface area contributed by atoms with Crippen molar-refractivity contribution < 1.29 is 4.57 Å². The van der Waals surface area contributed by atoms with Gasteiger partial charge in [-0.1, -0.05) is 39.4 Å². The molecule has 0 unspecified atom stereocenters. The lowest BCUT2D eigenvalue weighted by Gasteiger charge is -2.11. The molecule has 0 bridgehead atoms. The molecule has 8 nitrogen and oxygen atoms in total. The number of aromatic nitrogens is 1. The van der Waals surface area contributed by atoms with Crippen LogP contribution in [0.1, 0.15) is 6.92 Å². The number of anilines is 2. The van der Waals surface area contributed by atoms with Crippen molar-refractivity contribution in [3.8, 4) is 0 Å². The number of thiazole rings is 1. The molecule has 0 saturated heterocycles. The molecule has 2 aromatic carbocycles. The first-order valence-corrected chi connectivity index (χ1v) is 16.6. The molecule has 1 aromatic heterocycles. The van der Waals surface area contributed by atoms with Crippen LogP contribution in [0.25, 0.3) is 0 Å². The van der Waals surface area contributed by atoms with Gasteiger partial charge in [-0.25, -0.2) is 4.57 Å². The van der Waals surface area contributed by atoms with Crippen molar-refractivity contribution in [2.24, 2.45) is 25.4 Å². The van der Waals surface area contributed by atoms with E-state index in [0.717, 1.165) is 45.9 Å². The number of rotatable bonds is 13. The summed E-state index contributed by atoms with van der Waals surface area (Å²) in [5.41, 5.74) is 3.93. The number of aliphatic imine (C=N–C) groups is 1. The normalized spacial score (nSPS) is 12.3. The third-order valence-corrected chi connectivity index (χ3v) is 9.10. The fraction of sp³-hybridized carbons (Fsp3) is 0.333. The molecular formula is C27H35N8S4+. The highest BCUT2D eigenvalue weighted by molar-refractivity contribution is 8.76. The lowest BCUT2D eigenvalue weighted by atomic mass is 10.3. The zero-order valence-corrected chi connectivity index (χ0v) is 26.2. The molecule has 0 saturated carbocycles. The molecule has 0 aliphatic heterocycles. The first-order valence-electron chi connectivity index (χ1n) is 12.4. The standard InChI is InChI=1S/C27H35N8S4/c1-6-18-36-26(31-29-22-7-11-24(12-8-22)33(2)3)28-15-19-38-39-21-17-35-16-20-37-27(35)32-30-23-9-13-25(14-10-23)34(4)5/h6-14,16,18,20H,15,17,19,21H2,1-5H3/q+1/b18-6-,28-26?,31-29?. The maximum Gasteiger partial charge on any atom is 0.408 e. The van der Waals surface area contributed by atoms with Crippen molar-refractivity contribution >= 4 is 77.7 Å². The summed E-state index contributed by atoms with van der Waals surface area (Å²) < 4.78 is 2.14. The summed E-state index contributed by atoms with van der Waals surface area (Å²) in [6, 6.07) is 16.0. The Kier molecular flexibility index (Phi) is 13.5. The maximum atomic E-state index is 4.64. The number of azo groups is 2. The number of hydrogen-bond acceptors (Lipinski definition) is 10. The zero-order chi connectivity index (χ0) is 27.9. The Balaban J connectivity index is 1.42. The van der Waals surface area contributed by atoms with Gasteiger partial charge in [-0.05, 0) is 77.3 Å². The highest BCUT2D eigenvalue weighted by Gasteiger charge is 2.12. The van der Waals surface area contributed by atoms with Crippen LogP contribution in [-0.4, -0.2) is 51.4 Å². The van der Waals surface area contributed by atoms with Crippen molar-refractivity contribution in [2.45, 2.75) is 13.5 Å². The van der Waals surface area contributed by atoms with Gasteiger partial charge in [-0.2, -0.15) is 0 Å². The van der Waals surface area contributed by atoms with E-state index in [-0.39, 0.29) is 0 Å². The molecule has 0 radical (unpaired) electrons. The molecule has 1 heterocycles. The van der Waals surface area contributed by atoms with Crippen molar-refractivity contribution in [3.63, 3.8) is 0 Å². The van der Waals surface area contributed by atoms with Gasteiger partial charge >= 0.3 is 5.13 Å². The van der Waals surface area contributed by atoms with Gasteiger partial charge in [0.2, 0.25) is 5.17 Å². The van der Waals surface area contributed by atoms with Gasteiger partial charge in [-0.15, -0.1) is 10.2 Å². The molecule has 0 atom stereocenters. The van der Waals surface area contributed by atoms with E-state index in [4.69, 9.17) is 0 Å². The molecule has 3 rings (SSSR count). The second-order valence-corrected chi connectivity index (χ2v) is 12.9. The summed E-state index contributed by atoms with van der Waals surface area (Å²) in [5.74, 6) is 1.88. The van der Waals surface area contributed by atoms with Crippen LogP contribution in [0.3, 0.4) is 0 Å². The highest BCUT2D eigenvalue weighted by atomic mass is 33.1. The minimum absolute atomic E-state index is 0.663. The largest absolute Gasteiger partial charge is 0.408 e. The fourth-order valence-electron chi connectivity index (χ4n) is 3.04. The van der Waals surface area contributed by atoms with E-state index in [1.165, 1.54) is 11.8 Å². The Bertz CT molecular complexity index is 1250. The number of benzene rings is 2. The highest BCUT2D eigenvalue weighted by Crippen LogP contribution is 2.24. The number of nitrogens with zero attached hydrogens (tertiary/aromatic N) is 8.